The lowest BCUT2D eigenvalue weighted by atomic mass is 9.95. The number of esters is 1. The molecule has 2 aliphatic rings. The van der Waals surface area contributed by atoms with Gasteiger partial charge in [0.05, 0.1) is 5.92 Å². The molecule has 1 aromatic rings. The molecular formula is C21H26N2O5S. The van der Waals surface area contributed by atoms with E-state index in [4.69, 9.17) is 4.74 Å². The summed E-state index contributed by atoms with van der Waals surface area (Å²) in [5.74, 6) is -0.803. The van der Waals surface area contributed by atoms with Crippen LogP contribution >= 0.6 is 0 Å². The molecule has 0 aromatic heterocycles. The fourth-order valence-electron chi connectivity index (χ4n) is 3.36. The van der Waals surface area contributed by atoms with Gasteiger partial charge < -0.3 is 9.64 Å². The molecule has 1 aliphatic carbocycles. The summed E-state index contributed by atoms with van der Waals surface area (Å²) in [6.45, 7) is 0.699. The first-order valence-corrected chi connectivity index (χ1v) is 11.3. The molecule has 0 spiro atoms. The number of carbonyl (C=O) groups is 2. The van der Waals surface area contributed by atoms with Crippen molar-refractivity contribution in [2.75, 3.05) is 32.8 Å². The van der Waals surface area contributed by atoms with Crippen LogP contribution in [0.25, 0.3) is 6.08 Å². The summed E-state index contributed by atoms with van der Waals surface area (Å²) in [6, 6.07) is 9.20. The van der Waals surface area contributed by atoms with E-state index in [1.165, 1.54) is 9.71 Å². The SMILES string of the molecule is O=C(OCC(=O)N1CCN(S(=O)(=O)/C=C/c2ccccc2)CC1)[C@@H]1CC=CCC1. The van der Waals surface area contributed by atoms with Gasteiger partial charge in [-0.1, -0.05) is 42.5 Å². The number of hydrogen-bond donors (Lipinski definition) is 0. The molecule has 0 bridgehead atoms. The average Bonchev–Trinajstić information content (AvgIpc) is 2.77. The van der Waals surface area contributed by atoms with Crippen LogP contribution in [0.4, 0.5) is 0 Å². The van der Waals surface area contributed by atoms with E-state index in [-0.39, 0.29) is 50.6 Å². The fourth-order valence-corrected chi connectivity index (χ4v) is 4.53. The Kier molecular flexibility index (Phi) is 7.22. The maximum absolute atomic E-state index is 12.5. The summed E-state index contributed by atoms with van der Waals surface area (Å²) in [4.78, 5) is 25.9. The lowest BCUT2D eigenvalue weighted by Gasteiger charge is -2.33. The van der Waals surface area contributed by atoms with Crippen LogP contribution in [0.3, 0.4) is 0 Å². The minimum absolute atomic E-state index is 0.175. The predicted octanol–water partition coefficient (Wildman–Crippen LogP) is 2.03. The van der Waals surface area contributed by atoms with Crippen LogP contribution in [-0.4, -0.2) is 62.3 Å². The summed E-state index contributed by atoms with van der Waals surface area (Å²) in [5, 5.41) is 1.19. The summed E-state index contributed by atoms with van der Waals surface area (Å²) >= 11 is 0. The number of amides is 1. The highest BCUT2D eigenvalue weighted by atomic mass is 32.2. The summed E-state index contributed by atoms with van der Waals surface area (Å²) in [5.41, 5.74) is 0.806. The van der Waals surface area contributed by atoms with Gasteiger partial charge in [-0.25, -0.2) is 8.42 Å². The summed E-state index contributed by atoms with van der Waals surface area (Å²) in [7, 11) is -3.55. The zero-order valence-corrected chi connectivity index (χ0v) is 17.1. The Morgan fingerprint density at radius 2 is 1.79 bits per heavy atom. The van der Waals surface area contributed by atoms with E-state index in [9.17, 15) is 18.0 Å². The second kappa shape index (κ2) is 9.84. The Labute approximate surface area is 171 Å². The van der Waals surface area contributed by atoms with Crippen LogP contribution in [0.5, 0.6) is 0 Å². The second-order valence-electron chi connectivity index (χ2n) is 7.13. The Morgan fingerprint density at radius 3 is 2.45 bits per heavy atom. The van der Waals surface area contributed by atoms with Gasteiger partial charge in [0.25, 0.3) is 5.91 Å². The van der Waals surface area contributed by atoms with Gasteiger partial charge in [0.1, 0.15) is 0 Å². The first-order valence-electron chi connectivity index (χ1n) is 9.78. The third kappa shape index (κ3) is 6.01. The minimum Gasteiger partial charge on any atom is -0.455 e. The van der Waals surface area contributed by atoms with Gasteiger partial charge in [-0.05, 0) is 30.9 Å². The molecule has 29 heavy (non-hydrogen) atoms. The van der Waals surface area contributed by atoms with Crippen LogP contribution in [0.15, 0.2) is 47.9 Å². The van der Waals surface area contributed by atoms with Crippen molar-refractivity contribution in [3.05, 3.63) is 53.5 Å². The van der Waals surface area contributed by atoms with Gasteiger partial charge in [-0.15, -0.1) is 0 Å². The number of allylic oxidation sites excluding steroid dienone is 2. The highest BCUT2D eigenvalue weighted by Gasteiger charge is 2.28. The standard InChI is InChI=1S/C21H26N2O5S/c24-20(17-28-21(25)19-9-5-2-6-10-19)22-12-14-23(15-13-22)29(26,27)16-11-18-7-3-1-4-8-18/h1-5,7-8,11,16,19H,6,9-10,12-15,17H2/b16-11+/t19-/m1/s1. The minimum atomic E-state index is -3.55. The predicted molar refractivity (Wildman–Crippen MR) is 110 cm³/mol. The van der Waals surface area contributed by atoms with E-state index >= 15 is 0 Å². The number of sulfonamides is 1. The monoisotopic (exact) mass is 418 g/mol. The van der Waals surface area contributed by atoms with Crippen molar-refractivity contribution >= 4 is 28.0 Å². The van der Waals surface area contributed by atoms with Gasteiger partial charge in [0.2, 0.25) is 10.0 Å². The molecule has 1 atom stereocenters. The quantitative estimate of drug-likeness (QED) is 0.521. The molecule has 1 heterocycles. The van der Waals surface area contributed by atoms with Gasteiger partial charge in [0.15, 0.2) is 6.61 Å². The number of nitrogens with zero attached hydrogens (tertiary/aromatic N) is 2. The van der Waals surface area contributed by atoms with E-state index in [1.54, 1.807) is 11.0 Å². The number of hydrogen-bond acceptors (Lipinski definition) is 5. The maximum Gasteiger partial charge on any atom is 0.309 e. The zero-order valence-electron chi connectivity index (χ0n) is 16.3. The van der Waals surface area contributed by atoms with Gasteiger partial charge in [-0.3, -0.25) is 9.59 Å². The molecule has 1 saturated heterocycles. The molecule has 8 heteroatoms. The molecule has 1 amide bonds. The highest BCUT2D eigenvalue weighted by molar-refractivity contribution is 7.92. The molecule has 0 N–H and O–H groups in total. The Balaban J connectivity index is 1.45. The molecule has 0 saturated carbocycles. The van der Waals surface area contributed by atoms with E-state index in [0.29, 0.717) is 6.42 Å². The molecule has 1 aliphatic heterocycles. The average molecular weight is 419 g/mol. The lowest BCUT2D eigenvalue weighted by molar-refractivity contribution is -0.156. The van der Waals surface area contributed by atoms with Crippen LogP contribution in [-0.2, 0) is 24.3 Å². The first-order chi connectivity index (χ1) is 14.0. The largest absolute Gasteiger partial charge is 0.455 e. The summed E-state index contributed by atoms with van der Waals surface area (Å²) < 4.78 is 31.5. The normalized spacial score (nSPS) is 20.7. The van der Waals surface area contributed by atoms with E-state index in [2.05, 4.69) is 0 Å². The van der Waals surface area contributed by atoms with Gasteiger partial charge in [0, 0.05) is 31.6 Å². The van der Waals surface area contributed by atoms with Crippen LogP contribution < -0.4 is 0 Å². The summed E-state index contributed by atoms with van der Waals surface area (Å²) in [6.07, 6.45) is 7.81. The van der Waals surface area contributed by atoms with Crippen molar-refractivity contribution in [3.63, 3.8) is 0 Å². The fraction of sp³-hybridized carbons (Fsp3) is 0.429. The van der Waals surface area contributed by atoms with Crippen molar-refractivity contribution in [1.82, 2.24) is 9.21 Å². The molecule has 0 radical (unpaired) electrons. The Bertz CT molecular complexity index is 872. The van der Waals surface area contributed by atoms with Gasteiger partial charge in [-0.2, -0.15) is 4.31 Å². The lowest BCUT2D eigenvalue weighted by Crippen LogP contribution is -2.51. The van der Waals surface area contributed by atoms with Crippen molar-refractivity contribution in [3.8, 4) is 0 Å². The van der Waals surface area contributed by atoms with Crippen molar-refractivity contribution < 1.29 is 22.7 Å². The number of ether oxygens (including phenoxy) is 1. The molecule has 0 unspecified atom stereocenters. The molecule has 1 aromatic carbocycles. The highest BCUT2D eigenvalue weighted by Crippen LogP contribution is 2.19. The number of piperazine rings is 1. The van der Waals surface area contributed by atoms with Crippen LogP contribution in [0, 0.1) is 5.92 Å². The Hall–Kier alpha value is -2.45. The van der Waals surface area contributed by atoms with Gasteiger partial charge >= 0.3 is 5.97 Å². The van der Waals surface area contributed by atoms with Crippen LogP contribution in [0.2, 0.25) is 0 Å². The third-order valence-electron chi connectivity index (χ3n) is 5.12. The second-order valence-corrected chi connectivity index (χ2v) is 8.95. The molecule has 1 fully saturated rings. The van der Waals surface area contributed by atoms with E-state index < -0.39 is 10.0 Å². The van der Waals surface area contributed by atoms with Crippen molar-refractivity contribution in [1.29, 1.82) is 0 Å². The third-order valence-corrected chi connectivity index (χ3v) is 6.69. The first kappa shape index (κ1) is 21.3. The zero-order chi connectivity index (χ0) is 20.7. The smallest absolute Gasteiger partial charge is 0.309 e. The number of carbonyl (C=O) groups excluding carboxylic acids is 2. The Morgan fingerprint density at radius 1 is 1.07 bits per heavy atom. The maximum atomic E-state index is 12.5. The molecule has 7 nitrogen and oxygen atoms in total. The topological polar surface area (TPSA) is 84.0 Å². The van der Waals surface area contributed by atoms with E-state index in [0.717, 1.165) is 18.4 Å². The number of rotatable bonds is 6. The molecule has 3 rings (SSSR count). The van der Waals surface area contributed by atoms with Crippen molar-refractivity contribution in [2.45, 2.75) is 19.3 Å². The molecule has 156 valence electrons. The molecular weight excluding hydrogens is 392 g/mol. The van der Waals surface area contributed by atoms with Crippen molar-refractivity contribution in [2.24, 2.45) is 5.92 Å². The number of benzene rings is 1. The van der Waals surface area contributed by atoms with Crippen LogP contribution in [0.1, 0.15) is 24.8 Å². The van der Waals surface area contributed by atoms with E-state index in [1.807, 2.05) is 42.5 Å².